The first kappa shape index (κ1) is 16.6. The molecule has 4 nitrogen and oxygen atoms in total. The summed E-state index contributed by atoms with van der Waals surface area (Å²) in [4.78, 5) is 1.16. The van der Waals surface area contributed by atoms with Crippen LogP contribution in [0.25, 0.3) is 0 Å². The van der Waals surface area contributed by atoms with Crippen LogP contribution in [0.4, 0.5) is 5.00 Å². The summed E-state index contributed by atoms with van der Waals surface area (Å²) in [5.74, 6) is 1.10. The first-order valence-electron chi connectivity index (χ1n) is 7.08. The highest BCUT2D eigenvalue weighted by atomic mass is 35.5. The number of hydrogen-bond donors (Lipinski definition) is 1. The van der Waals surface area contributed by atoms with Crippen molar-refractivity contribution in [3.63, 3.8) is 0 Å². The summed E-state index contributed by atoms with van der Waals surface area (Å²) in [6.45, 7) is 2.19. The van der Waals surface area contributed by atoms with Gasteiger partial charge < -0.3 is 0 Å². The Bertz CT molecular complexity index is 647. The van der Waals surface area contributed by atoms with Crippen LogP contribution in [-0.4, -0.2) is 20.1 Å². The van der Waals surface area contributed by atoms with Crippen LogP contribution in [0.5, 0.6) is 0 Å². The Labute approximate surface area is 135 Å². The van der Waals surface area contributed by atoms with Crippen LogP contribution in [0.2, 0.25) is 0 Å². The van der Waals surface area contributed by atoms with Crippen molar-refractivity contribution in [2.75, 3.05) is 16.4 Å². The molecule has 1 heterocycles. The number of thiophene rings is 1. The molecule has 1 atom stereocenters. The molecular formula is C14H19ClN2O2S2. The lowest BCUT2D eigenvalue weighted by molar-refractivity contribution is 0.507. The summed E-state index contributed by atoms with van der Waals surface area (Å²) >= 11 is 6.98. The van der Waals surface area contributed by atoms with Gasteiger partial charge in [0.15, 0.2) is 0 Å². The van der Waals surface area contributed by atoms with Crippen LogP contribution in [0.15, 0.2) is 0 Å². The summed E-state index contributed by atoms with van der Waals surface area (Å²) < 4.78 is 26.7. The van der Waals surface area contributed by atoms with Crippen LogP contribution < -0.4 is 4.72 Å². The molecule has 0 spiro atoms. The average Bonchev–Trinajstić information content (AvgIpc) is 2.74. The van der Waals surface area contributed by atoms with Gasteiger partial charge in [0.2, 0.25) is 10.0 Å². The summed E-state index contributed by atoms with van der Waals surface area (Å²) in [6, 6.07) is 2.17. The van der Waals surface area contributed by atoms with Crippen molar-refractivity contribution in [3.8, 4) is 6.07 Å². The molecule has 2 rings (SSSR count). The first-order valence-corrected chi connectivity index (χ1v) is 10.1. The SMILES string of the molecule is CC1CCc2c(sc(NS(=O)(=O)CCCCCl)c2C#N)C1. The summed E-state index contributed by atoms with van der Waals surface area (Å²) in [5.41, 5.74) is 1.56. The van der Waals surface area contributed by atoms with Gasteiger partial charge in [0.25, 0.3) is 0 Å². The van der Waals surface area contributed by atoms with E-state index in [1.165, 1.54) is 11.3 Å². The van der Waals surface area contributed by atoms with Crippen molar-refractivity contribution in [1.29, 1.82) is 5.26 Å². The number of alkyl halides is 1. The molecule has 0 radical (unpaired) electrons. The average molecular weight is 347 g/mol. The molecule has 1 aliphatic rings. The van der Waals surface area contributed by atoms with E-state index in [1.807, 2.05) is 0 Å². The predicted octanol–water partition coefficient (Wildman–Crippen LogP) is 3.51. The van der Waals surface area contributed by atoms with Crippen LogP contribution in [0.3, 0.4) is 0 Å². The number of nitriles is 1. The second-order valence-corrected chi connectivity index (χ2v) is 8.81. The Kier molecular flexibility index (Phi) is 5.53. The quantitative estimate of drug-likeness (QED) is 0.633. The number of rotatable bonds is 6. The van der Waals surface area contributed by atoms with Crippen LogP contribution in [0.1, 0.15) is 42.2 Å². The van der Waals surface area contributed by atoms with E-state index in [4.69, 9.17) is 11.6 Å². The van der Waals surface area contributed by atoms with Crippen molar-refractivity contribution in [1.82, 2.24) is 0 Å². The van der Waals surface area contributed by atoms with Crippen molar-refractivity contribution in [2.24, 2.45) is 5.92 Å². The molecule has 0 fully saturated rings. The highest BCUT2D eigenvalue weighted by Crippen LogP contribution is 2.39. The van der Waals surface area contributed by atoms with Crippen LogP contribution in [0, 0.1) is 17.2 Å². The Morgan fingerprint density at radius 2 is 2.24 bits per heavy atom. The first-order chi connectivity index (χ1) is 9.96. The molecule has 21 heavy (non-hydrogen) atoms. The Morgan fingerprint density at radius 1 is 1.48 bits per heavy atom. The Hall–Kier alpha value is -0.770. The normalized spacial score (nSPS) is 18.0. The van der Waals surface area contributed by atoms with E-state index in [1.54, 1.807) is 0 Å². The molecule has 1 aliphatic carbocycles. The van der Waals surface area contributed by atoms with E-state index >= 15 is 0 Å². The number of hydrogen-bond acceptors (Lipinski definition) is 4. The predicted molar refractivity (Wildman–Crippen MR) is 87.6 cm³/mol. The van der Waals surface area contributed by atoms with Crippen LogP contribution >= 0.6 is 22.9 Å². The molecule has 0 bridgehead atoms. The molecule has 1 aromatic heterocycles. The second-order valence-electron chi connectivity index (χ2n) is 5.48. The van der Waals surface area contributed by atoms with Gasteiger partial charge in [-0.3, -0.25) is 4.72 Å². The van der Waals surface area contributed by atoms with E-state index in [0.717, 1.165) is 29.7 Å². The number of sulfonamides is 1. The molecule has 0 amide bonds. The number of unbranched alkanes of at least 4 members (excludes halogenated alkanes) is 1. The third kappa shape index (κ3) is 4.12. The van der Waals surface area contributed by atoms with Crippen molar-refractivity contribution in [3.05, 3.63) is 16.0 Å². The highest BCUT2D eigenvalue weighted by Gasteiger charge is 2.25. The fourth-order valence-electron chi connectivity index (χ4n) is 2.52. The highest BCUT2D eigenvalue weighted by molar-refractivity contribution is 7.92. The minimum Gasteiger partial charge on any atom is -0.273 e. The van der Waals surface area contributed by atoms with Crippen molar-refractivity contribution in [2.45, 2.75) is 39.0 Å². The lowest BCUT2D eigenvalue weighted by Crippen LogP contribution is -2.16. The minimum absolute atomic E-state index is 0.0452. The van der Waals surface area contributed by atoms with Crippen molar-refractivity contribution < 1.29 is 8.42 Å². The summed E-state index contributed by atoms with van der Waals surface area (Å²) in [5, 5.41) is 9.83. The maximum atomic E-state index is 12.1. The number of halogens is 1. The molecule has 1 aromatic rings. The summed E-state index contributed by atoms with van der Waals surface area (Å²) in [7, 11) is -3.40. The number of nitrogens with one attached hydrogen (secondary N) is 1. The van der Waals surface area contributed by atoms with E-state index in [0.29, 0.717) is 35.2 Å². The molecule has 0 aromatic carbocycles. The molecule has 0 aliphatic heterocycles. The van der Waals surface area contributed by atoms with E-state index in [9.17, 15) is 13.7 Å². The molecule has 1 unspecified atom stereocenters. The Balaban J connectivity index is 2.19. The molecule has 116 valence electrons. The number of fused-ring (bicyclic) bond motifs is 1. The standard InChI is InChI=1S/C14H19ClN2O2S2/c1-10-4-5-11-12(9-16)14(20-13(11)8-10)17-21(18,19)7-3-2-6-15/h10,17H,2-8H2,1H3. The molecule has 7 heteroatoms. The smallest absolute Gasteiger partial charge is 0.233 e. The van der Waals surface area contributed by atoms with Gasteiger partial charge in [-0.05, 0) is 43.6 Å². The largest absolute Gasteiger partial charge is 0.273 e. The van der Waals surface area contributed by atoms with E-state index in [-0.39, 0.29) is 5.75 Å². The zero-order valence-corrected chi connectivity index (χ0v) is 14.4. The van der Waals surface area contributed by atoms with Crippen LogP contribution in [-0.2, 0) is 22.9 Å². The molecule has 0 saturated carbocycles. The van der Waals surface area contributed by atoms with E-state index < -0.39 is 10.0 Å². The zero-order valence-electron chi connectivity index (χ0n) is 12.0. The fourth-order valence-corrected chi connectivity index (χ4v) is 5.54. The fraction of sp³-hybridized carbons (Fsp3) is 0.643. The topological polar surface area (TPSA) is 70.0 Å². The maximum absolute atomic E-state index is 12.1. The van der Waals surface area contributed by atoms with Gasteiger partial charge >= 0.3 is 0 Å². The van der Waals surface area contributed by atoms with Gasteiger partial charge in [0, 0.05) is 10.8 Å². The molecule has 0 saturated heterocycles. The van der Waals surface area contributed by atoms with Gasteiger partial charge in [-0.15, -0.1) is 22.9 Å². The summed E-state index contributed by atoms with van der Waals surface area (Å²) in [6.07, 6.45) is 4.06. The molecular weight excluding hydrogens is 328 g/mol. The van der Waals surface area contributed by atoms with Crippen molar-refractivity contribution >= 4 is 38.0 Å². The third-order valence-corrected chi connectivity index (χ3v) is 6.58. The Morgan fingerprint density at radius 3 is 2.90 bits per heavy atom. The minimum atomic E-state index is -3.40. The third-order valence-electron chi connectivity index (χ3n) is 3.67. The number of anilines is 1. The van der Waals surface area contributed by atoms with Gasteiger partial charge in [0.05, 0.1) is 11.3 Å². The van der Waals surface area contributed by atoms with E-state index in [2.05, 4.69) is 17.7 Å². The maximum Gasteiger partial charge on any atom is 0.233 e. The monoisotopic (exact) mass is 346 g/mol. The second kappa shape index (κ2) is 6.99. The lowest BCUT2D eigenvalue weighted by atomic mass is 9.89. The zero-order chi connectivity index (χ0) is 15.5. The van der Waals surface area contributed by atoms with Gasteiger partial charge in [0.1, 0.15) is 11.1 Å². The van der Waals surface area contributed by atoms with Gasteiger partial charge in [-0.1, -0.05) is 6.92 Å². The van der Waals surface area contributed by atoms with Gasteiger partial charge in [-0.2, -0.15) is 5.26 Å². The lowest BCUT2D eigenvalue weighted by Gasteiger charge is -2.17. The molecule has 1 N–H and O–H groups in total. The van der Waals surface area contributed by atoms with Gasteiger partial charge in [-0.25, -0.2) is 8.42 Å². The number of nitrogens with zero attached hydrogens (tertiary/aromatic N) is 1.